The van der Waals surface area contributed by atoms with E-state index in [0.717, 1.165) is 6.07 Å². The summed E-state index contributed by atoms with van der Waals surface area (Å²) in [6.45, 7) is 3.45. The number of aromatic carboxylic acids is 1. The number of nitrogens with zero attached hydrogens (tertiary/aromatic N) is 1. The van der Waals surface area contributed by atoms with Gasteiger partial charge in [-0.2, -0.15) is 0 Å². The van der Waals surface area contributed by atoms with Gasteiger partial charge in [-0.15, -0.1) is 0 Å². The van der Waals surface area contributed by atoms with Crippen LogP contribution in [0.4, 0.5) is 0 Å². The Kier molecular flexibility index (Phi) is 5.50. The summed E-state index contributed by atoms with van der Waals surface area (Å²) in [5, 5.41) is 11.5. The van der Waals surface area contributed by atoms with Crippen LogP contribution in [0.5, 0.6) is 0 Å². The number of rotatable bonds is 7. The minimum Gasteiger partial charge on any atom is -0.477 e. The van der Waals surface area contributed by atoms with Crippen LogP contribution in [-0.4, -0.2) is 43.6 Å². The van der Waals surface area contributed by atoms with Gasteiger partial charge in [0.2, 0.25) is 15.9 Å². The minimum atomic E-state index is -3.85. The highest BCUT2D eigenvalue weighted by Crippen LogP contribution is 2.18. The lowest BCUT2D eigenvalue weighted by Gasteiger charge is -2.09. The van der Waals surface area contributed by atoms with Crippen molar-refractivity contribution in [2.24, 2.45) is 0 Å². The lowest BCUT2D eigenvalue weighted by atomic mass is 10.3. The molecular formula is C12H19N3O5S. The van der Waals surface area contributed by atoms with Gasteiger partial charge < -0.3 is 15.0 Å². The zero-order valence-electron chi connectivity index (χ0n) is 12.1. The van der Waals surface area contributed by atoms with Crippen LogP contribution < -0.4 is 10.0 Å². The molecule has 1 aromatic rings. The van der Waals surface area contributed by atoms with Gasteiger partial charge in [0.1, 0.15) is 10.6 Å². The summed E-state index contributed by atoms with van der Waals surface area (Å²) in [5.74, 6) is -1.49. The third-order valence-electron chi connectivity index (χ3n) is 2.83. The Balaban J connectivity index is 2.96. The fraction of sp³-hybridized carbons (Fsp3) is 0.500. The van der Waals surface area contributed by atoms with Crippen molar-refractivity contribution in [3.8, 4) is 0 Å². The largest absolute Gasteiger partial charge is 0.477 e. The van der Waals surface area contributed by atoms with E-state index in [-0.39, 0.29) is 35.5 Å². The second-order valence-corrected chi connectivity index (χ2v) is 6.46. The minimum absolute atomic E-state index is 0.00636. The summed E-state index contributed by atoms with van der Waals surface area (Å²) in [6.07, 6.45) is 1.28. The van der Waals surface area contributed by atoms with Crippen LogP contribution in [0.25, 0.3) is 0 Å². The Morgan fingerprint density at radius 1 is 1.38 bits per heavy atom. The van der Waals surface area contributed by atoms with Crippen molar-refractivity contribution < 1.29 is 23.1 Å². The summed E-state index contributed by atoms with van der Waals surface area (Å²) in [7, 11) is -2.39. The van der Waals surface area contributed by atoms with Crippen molar-refractivity contribution in [3.63, 3.8) is 0 Å². The van der Waals surface area contributed by atoms with Gasteiger partial charge in [-0.3, -0.25) is 4.79 Å². The topological polar surface area (TPSA) is 118 Å². The molecule has 3 N–H and O–H groups in total. The highest BCUT2D eigenvalue weighted by molar-refractivity contribution is 7.89. The van der Waals surface area contributed by atoms with E-state index in [1.165, 1.54) is 17.8 Å². The summed E-state index contributed by atoms with van der Waals surface area (Å²) in [4.78, 5) is 22.0. The first-order valence-electron chi connectivity index (χ1n) is 6.34. The SMILES string of the molecule is CNC(=O)CCNS(=O)(=O)c1cc(C(=O)O)n(C(C)C)c1. The molecule has 1 heterocycles. The molecule has 1 amide bonds. The summed E-state index contributed by atoms with van der Waals surface area (Å²) in [5.41, 5.74) is -0.100. The van der Waals surface area contributed by atoms with Crippen molar-refractivity contribution in [2.45, 2.75) is 31.2 Å². The molecule has 8 nitrogen and oxygen atoms in total. The van der Waals surface area contributed by atoms with Gasteiger partial charge >= 0.3 is 5.97 Å². The van der Waals surface area contributed by atoms with E-state index < -0.39 is 16.0 Å². The van der Waals surface area contributed by atoms with Crippen molar-refractivity contribution in [3.05, 3.63) is 18.0 Å². The highest BCUT2D eigenvalue weighted by Gasteiger charge is 2.22. The quantitative estimate of drug-likeness (QED) is 0.663. The molecule has 0 aliphatic carbocycles. The lowest BCUT2D eigenvalue weighted by molar-refractivity contribution is -0.120. The maximum atomic E-state index is 12.1. The second-order valence-electron chi connectivity index (χ2n) is 4.69. The number of hydrogen-bond acceptors (Lipinski definition) is 4. The van der Waals surface area contributed by atoms with E-state index in [0.29, 0.717) is 0 Å². The molecule has 0 unspecified atom stereocenters. The molecule has 0 aliphatic heterocycles. The van der Waals surface area contributed by atoms with Crippen LogP contribution in [-0.2, 0) is 14.8 Å². The summed E-state index contributed by atoms with van der Waals surface area (Å²) < 4.78 is 27.8. The molecule has 0 spiro atoms. The van der Waals surface area contributed by atoms with E-state index in [9.17, 15) is 18.0 Å². The molecule has 0 bridgehead atoms. The molecule has 118 valence electrons. The molecule has 0 radical (unpaired) electrons. The van der Waals surface area contributed by atoms with Crippen molar-refractivity contribution in [1.29, 1.82) is 0 Å². The van der Waals surface area contributed by atoms with Crippen LogP contribution in [0.2, 0.25) is 0 Å². The predicted molar refractivity (Wildman–Crippen MR) is 75.6 cm³/mol. The van der Waals surface area contributed by atoms with Crippen LogP contribution in [0.1, 0.15) is 36.8 Å². The first-order chi connectivity index (χ1) is 9.69. The summed E-state index contributed by atoms with van der Waals surface area (Å²) >= 11 is 0. The molecule has 0 aliphatic rings. The van der Waals surface area contributed by atoms with Gasteiger partial charge in [-0.05, 0) is 19.9 Å². The van der Waals surface area contributed by atoms with Crippen LogP contribution >= 0.6 is 0 Å². The number of aromatic nitrogens is 1. The molecule has 0 fully saturated rings. The third kappa shape index (κ3) is 4.30. The van der Waals surface area contributed by atoms with Gasteiger partial charge in [-0.25, -0.2) is 17.9 Å². The monoisotopic (exact) mass is 317 g/mol. The number of carbonyl (C=O) groups is 2. The number of carbonyl (C=O) groups excluding carboxylic acids is 1. The van der Waals surface area contributed by atoms with Crippen molar-refractivity contribution in [1.82, 2.24) is 14.6 Å². The van der Waals surface area contributed by atoms with E-state index in [4.69, 9.17) is 5.11 Å². The maximum absolute atomic E-state index is 12.1. The molecular weight excluding hydrogens is 298 g/mol. The Labute approximate surface area is 123 Å². The number of amides is 1. The molecule has 0 atom stereocenters. The smallest absolute Gasteiger partial charge is 0.352 e. The van der Waals surface area contributed by atoms with Gasteiger partial charge in [0.05, 0.1) is 0 Å². The first-order valence-corrected chi connectivity index (χ1v) is 7.82. The molecule has 9 heteroatoms. The fourth-order valence-corrected chi connectivity index (χ4v) is 2.76. The van der Waals surface area contributed by atoms with Crippen LogP contribution in [0.15, 0.2) is 17.2 Å². The molecule has 1 aromatic heterocycles. The second kappa shape index (κ2) is 6.72. The molecule has 0 aromatic carbocycles. The Morgan fingerprint density at radius 2 is 2.00 bits per heavy atom. The number of nitrogens with one attached hydrogen (secondary N) is 2. The van der Waals surface area contributed by atoms with E-state index >= 15 is 0 Å². The predicted octanol–water partition coefficient (Wildman–Crippen LogP) is 0.182. The highest BCUT2D eigenvalue weighted by atomic mass is 32.2. The van der Waals surface area contributed by atoms with E-state index in [1.54, 1.807) is 13.8 Å². The number of sulfonamides is 1. The third-order valence-corrected chi connectivity index (χ3v) is 4.26. The van der Waals surface area contributed by atoms with Crippen LogP contribution in [0, 0.1) is 0 Å². The number of carboxylic acid groups (broad SMARTS) is 1. The van der Waals surface area contributed by atoms with Gasteiger partial charge in [0.25, 0.3) is 0 Å². The molecule has 21 heavy (non-hydrogen) atoms. The van der Waals surface area contributed by atoms with Crippen LogP contribution in [0.3, 0.4) is 0 Å². The average molecular weight is 317 g/mol. The lowest BCUT2D eigenvalue weighted by Crippen LogP contribution is -2.29. The van der Waals surface area contributed by atoms with Gasteiger partial charge in [0.15, 0.2) is 0 Å². The molecule has 0 saturated heterocycles. The zero-order chi connectivity index (χ0) is 16.2. The van der Waals surface area contributed by atoms with Crippen molar-refractivity contribution >= 4 is 21.9 Å². The molecule has 1 rings (SSSR count). The average Bonchev–Trinajstić information content (AvgIpc) is 2.84. The Bertz CT molecular complexity index is 633. The van der Waals surface area contributed by atoms with Gasteiger partial charge in [-0.1, -0.05) is 0 Å². The number of carboxylic acids is 1. The first kappa shape index (κ1) is 17.2. The van der Waals surface area contributed by atoms with Crippen molar-refractivity contribution in [2.75, 3.05) is 13.6 Å². The maximum Gasteiger partial charge on any atom is 0.352 e. The van der Waals surface area contributed by atoms with Gasteiger partial charge in [0, 0.05) is 32.3 Å². The Hall–Kier alpha value is -1.87. The number of hydrogen-bond donors (Lipinski definition) is 3. The summed E-state index contributed by atoms with van der Waals surface area (Å²) in [6, 6.07) is 0.913. The Morgan fingerprint density at radius 3 is 2.43 bits per heavy atom. The molecule has 0 saturated carbocycles. The van der Waals surface area contributed by atoms with E-state index in [1.807, 2.05) is 0 Å². The normalized spacial score (nSPS) is 11.6. The standard InChI is InChI=1S/C12H19N3O5S/c1-8(2)15-7-9(6-10(15)12(17)18)21(19,20)14-5-4-11(16)13-3/h6-8,14H,4-5H2,1-3H3,(H,13,16)(H,17,18). The zero-order valence-corrected chi connectivity index (χ0v) is 12.9. The van der Waals surface area contributed by atoms with E-state index in [2.05, 4.69) is 10.0 Å². The fourth-order valence-electron chi connectivity index (χ4n) is 1.71.